The first-order chi connectivity index (χ1) is 9.20. The predicted octanol–water partition coefficient (Wildman–Crippen LogP) is 2.60. The molecule has 0 spiro atoms. The summed E-state index contributed by atoms with van der Waals surface area (Å²) < 4.78 is 9.16. The van der Waals surface area contributed by atoms with E-state index in [1.165, 1.54) is 0 Å². The fourth-order valence-electron chi connectivity index (χ4n) is 1.74. The Morgan fingerprint density at radius 2 is 2.21 bits per heavy atom. The minimum Gasteiger partial charge on any atom is -0.495 e. The molecule has 2 aromatic rings. The summed E-state index contributed by atoms with van der Waals surface area (Å²) in [5, 5.41) is 11.0. The quantitative estimate of drug-likeness (QED) is 0.771. The van der Waals surface area contributed by atoms with Crippen LogP contribution in [0.15, 0.2) is 33.5 Å². The molecule has 0 atom stereocenters. The van der Waals surface area contributed by atoms with Gasteiger partial charge in [-0.15, -0.1) is 5.10 Å². The number of ether oxygens (including phenoxy) is 1. The number of hydrogen-bond donors (Lipinski definition) is 1. The Hall–Kier alpha value is -0.920. The van der Waals surface area contributed by atoms with Crippen LogP contribution in [-0.4, -0.2) is 28.6 Å². The van der Waals surface area contributed by atoms with Gasteiger partial charge in [-0.25, -0.2) is 0 Å². The molecule has 0 aliphatic carbocycles. The second-order valence-electron chi connectivity index (χ2n) is 3.92. The molecule has 5 nitrogen and oxygen atoms in total. The molecule has 0 saturated carbocycles. The smallest absolute Gasteiger partial charge is 0.137 e. The van der Waals surface area contributed by atoms with Crippen LogP contribution in [0.5, 0.6) is 5.75 Å². The van der Waals surface area contributed by atoms with Gasteiger partial charge in [0.15, 0.2) is 0 Å². The van der Waals surface area contributed by atoms with E-state index in [0.717, 1.165) is 39.9 Å². The van der Waals surface area contributed by atoms with Crippen LogP contribution in [-0.2, 0) is 13.1 Å². The van der Waals surface area contributed by atoms with Crippen LogP contribution in [0.25, 0.3) is 0 Å². The molecular weight excluding hydrogens is 376 g/mol. The minimum atomic E-state index is 0.732. The van der Waals surface area contributed by atoms with Crippen LogP contribution in [0.4, 0.5) is 0 Å². The third-order valence-electron chi connectivity index (χ3n) is 2.59. The molecule has 0 aliphatic rings. The molecule has 0 bridgehead atoms. The maximum Gasteiger partial charge on any atom is 0.137 e. The van der Waals surface area contributed by atoms with E-state index in [-0.39, 0.29) is 0 Å². The average molecular weight is 390 g/mol. The summed E-state index contributed by atoms with van der Waals surface area (Å²) >= 11 is 6.97. The van der Waals surface area contributed by atoms with E-state index in [0.29, 0.717) is 0 Å². The van der Waals surface area contributed by atoms with Gasteiger partial charge in [0.25, 0.3) is 0 Å². The number of benzene rings is 1. The second kappa shape index (κ2) is 7.02. The van der Waals surface area contributed by atoms with E-state index in [4.69, 9.17) is 4.74 Å². The number of nitrogens with zero attached hydrogens (tertiary/aromatic N) is 3. The Morgan fingerprint density at radius 3 is 2.89 bits per heavy atom. The van der Waals surface area contributed by atoms with Crippen molar-refractivity contribution in [2.24, 2.45) is 0 Å². The largest absolute Gasteiger partial charge is 0.495 e. The molecule has 0 amide bonds. The summed E-state index contributed by atoms with van der Waals surface area (Å²) in [7, 11) is 1.67. The van der Waals surface area contributed by atoms with E-state index >= 15 is 0 Å². The number of aromatic nitrogens is 3. The van der Waals surface area contributed by atoms with E-state index in [2.05, 4.69) is 47.5 Å². The summed E-state index contributed by atoms with van der Waals surface area (Å²) in [6.45, 7) is 2.34. The molecule has 1 aromatic carbocycles. The molecule has 0 saturated heterocycles. The number of rotatable bonds is 6. The zero-order valence-electron chi connectivity index (χ0n) is 10.4. The van der Waals surface area contributed by atoms with Crippen LogP contribution in [0.3, 0.4) is 0 Å². The minimum absolute atomic E-state index is 0.732. The van der Waals surface area contributed by atoms with Crippen molar-refractivity contribution >= 4 is 31.9 Å². The summed E-state index contributed by atoms with van der Waals surface area (Å²) in [5.41, 5.74) is 1.10. The highest BCUT2D eigenvalue weighted by Crippen LogP contribution is 2.32. The van der Waals surface area contributed by atoms with Gasteiger partial charge < -0.3 is 10.1 Å². The molecule has 7 heteroatoms. The number of halogens is 2. The van der Waals surface area contributed by atoms with Crippen LogP contribution < -0.4 is 10.1 Å². The topological polar surface area (TPSA) is 52.0 Å². The van der Waals surface area contributed by atoms with Crippen LogP contribution in [0.2, 0.25) is 0 Å². The molecule has 0 fully saturated rings. The summed E-state index contributed by atoms with van der Waals surface area (Å²) in [6, 6.07) is 4.02. The van der Waals surface area contributed by atoms with Gasteiger partial charge in [-0.3, -0.25) is 4.68 Å². The lowest BCUT2D eigenvalue weighted by Crippen LogP contribution is -2.20. The first-order valence-electron chi connectivity index (χ1n) is 5.77. The first kappa shape index (κ1) is 14.5. The molecule has 0 aliphatic heterocycles. The molecule has 0 unspecified atom stereocenters. The van der Waals surface area contributed by atoms with Crippen molar-refractivity contribution in [1.82, 2.24) is 20.3 Å². The Balaban J connectivity index is 1.92. The van der Waals surface area contributed by atoms with Crippen molar-refractivity contribution in [3.05, 3.63) is 39.0 Å². The maximum atomic E-state index is 5.40. The van der Waals surface area contributed by atoms with Crippen molar-refractivity contribution in [2.45, 2.75) is 13.1 Å². The van der Waals surface area contributed by atoms with E-state index in [9.17, 15) is 0 Å². The molecular formula is C12H14Br2N4O. The van der Waals surface area contributed by atoms with Gasteiger partial charge in [0, 0.05) is 29.3 Å². The summed E-state index contributed by atoms with van der Waals surface area (Å²) in [4.78, 5) is 0. The normalized spacial score (nSPS) is 10.7. The first-order valence-corrected chi connectivity index (χ1v) is 7.36. The zero-order valence-corrected chi connectivity index (χ0v) is 13.6. The molecule has 1 N–H and O–H groups in total. The monoisotopic (exact) mass is 388 g/mol. The predicted molar refractivity (Wildman–Crippen MR) is 80.1 cm³/mol. The Kier molecular flexibility index (Phi) is 5.35. The fraction of sp³-hybridized carbons (Fsp3) is 0.333. The number of methoxy groups -OCH3 is 1. The Morgan fingerprint density at radius 1 is 1.37 bits per heavy atom. The average Bonchev–Trinajstić information content (AvgIpc) is 2.87. The van der Waals surface area contributed by atoms with Gasteiger partial charge >= 0.3 is 0 Å². The second-order valence-corrected chi connectivity index (χ2v) is 5.69. The lowest BCUT2D eigenvalue weighted by molar-refractivity contribution is 0.404. The van der Waals surface area contributed by atoms with Crippen molar-refractivity contribution in [2.75, 3.05) is 13.7 Å². The van der Waals surface area contributed by atoms with Gasteiger partial charge in [-0.2, -0.15) is 0 Å². The van der Waals surface area contributed by atoms with E-state index in [1.54, 1.807) is 18.0 Å². The SMILES string of the molecule is COc1c(Br)cc(Br)cc1CNCCn1ccnn1. The highest BCUT2D eigenvalue weighted by molar-refractivity contribution is 9.11. The van der Waals surface area contributed by atoms with Crippen LogP contribution in [0.1, 0.15) is 5.56 Å². The van der Waals surface area contributed by atoms with Crippen molar-refractivity contribution in [1.29, 1.82) is 0 Å². The molecule has 2 rings (SSSR count). The summed E-state index contributed by atoms with van der Waals surface area (Å²) in [6.07, 6.45) is 3.52. The molecule has 0 radical (unpaired) electrons. The molecule has 102 valence electrons. The van der Waals surface area contributed by atoms with Crippen molar-refractivity contribution < 1.29 is 4.74 Å². The maximum absolute atomic E-state index is 5.40. The van der Waals surface area contributed by atoms with Crippen LogP contribution in [0, 0.1) is 0 Å². The standard InChI is InChI=1S/C12H14Br2N4O/c1-19-12-9(6-10(13)7-11(12)14)8-15-2-4-18-5-3-16-17-18/h3,5-7,15H,2,4,8H2,1H3. The highest BCUT2D eigenvalue weighted by atomic mass is 79.9. The van der Waals surface area contributed by atoms with Crippen molar-refractivity contribution in [3.8, 4) is 5.75 Å². The number of nitrogens with one attached hydrogen (secondary N) is 1. The lowest BCUT2D eigenvalue weighted by atomic mass is 10.2. The zero-order chi connectivity index (χ0) is 13.7. The summed E-state index contributed by atoms with van der Waals surface area (Å²) in [5.74, 6) is 0.858. The lowest BCUT2D eigenvalue weighted by Gasteiger charge is -2.12. The molecule has 1 aromatic heterocycles. The van der Waals surface area contributed by atoms with Gasteiger partial charge in [0.1, 0.15) is 5.75 Å². The van der Waals surface area contributed by atoms with Gasteiger partial charge in [0.05, 0.1) is 24.3 Å². The number of hydrogen-bond acceptors (Lipinski definition) is 4. The van der Waals surface area contributed by atoms with Gasteiger partial charge in [-0.1, -0.05) is 21.1 Å². The van der Waals surface area contributed by atoms with Gasteiger partial charge in [-0.05, 0) is 28.1 Å². The Labute approximate surface area is 128 Å². The van der Waals surface area contributed by atoms with Crippen molar-refractivity contribution in [3.63, 3.8) is 0 Å². The molecule has 19 heavy (non-hydrogen) atoms. The third-order valence-corrected chi connectivity index (χ3v) is 3.64. The van der Waals surface area contributed by atoms with E-state index < -0.39 is 0 Å². The van der Waals surface area contributed by atoms with Crippen LogP contribution >= 0.6 is 31.9 Å². The van der Waals surface area contributed by atoms with E-state index in [1.807, 2.05) is 18.3 Å². The highest BCUT2D eigenvalue weighted by Gasteiger charge is 2.08. The van der Waals surface area contributed by atoms with Gasteiger partial charge in [0.2, 0.25) is 0 Å². The Bertz CT molecular complexity index is 531. The molecule has 1 heterocycles. The third kappa shape index (κ3) is 4.02. The fourth-order valence-corrected chi connectivity index (χ4v) is 3.22.